The molecular formula is C9H9Br3O. The van der Waals surface area contributed by atoms with Gasteiger partial charge in [-0.25, -0.2) is 0 Å². The molecule has 1 nitrogen and oxygen atoms in total. The van der Waals surface area contributed by atoms with Gasteiger partial charge in [-0.2, -0.15) is 0 Å². The lowest BCUT2D eigenvalue weighted by Gasteiger charge is -1.95. The second-order valence-corrected chi connectivity index (χ2v) is 4.61. The molecule has 1 aromatic carbocycles. The van der Waals surface area contributed by atoms with Crippen LogP contribution in [0, 0.1) is 0 Å². The molecule has 0 saturated heterocycles. The zero-order valence-electron chi connectivity index (χ0n) is 7.06. The van der Waals surface area contributed by atoms with Crippen LogP contribution in [0.5, 0.6) is 0 Å². The van der Waals surface area contributed by atoms with Gasteiger partial charge in [0, 0.05) is 19.8 Å². The van der Waals surface area contributed by atoms with Crippen LogP contribution >= 0.6 is 47.8 Å². The largest absolute Gasteiger partial charge is 0.303 e. The molecule has 0 aliphatic rings. The highest BCUT2D eigenvalue weighted by molar-refractivity contribution is 9.14. The van der Waals surface area contributed by atoms with E-state index >= 15 is 0 Å². The van der Waals surface area contributed by atoms with E-state index in [9.17, 15) is 4.79 Å². The van der Waals surface area contributed by atoms with E-state index in [1.54, 1.807) is 0 Å². The molecule has 0 aliphatic heterocycles. The SMILES string of the molecule is Brc1cccc(Br)c1Br.CCC=O. The molecule has 72 valence electrons. The van der Waals surface area contributed by atoms with Crippen LogP contribution in [0.1, 0.15) is 13.3 Å². The molecule has 4 heteroatoms. The van der Waals surface area contributed by atoms with Crippen molar-refractivity contribution in [1.29, 1.82) is 0 Å². The number of hydrogen-bond acceptors (Lipinski definition) is 1. The van der Waals surface area contributed by atoms with E-state index in [4.69, 9.17) is 0 Å². The lowest BCUT2D eigenvalue weighted by Crippen LogP contribution is -1.69. The lowest BCUT2D eigenvalue weighted by atomic mass is 10.4. The van der Waals surface area contributed by atoms with E-state index < -0.39 is 0 Å². The predicted molar refractivity (Wildman–Crippen MR) is 65.9 cm³/mol. The van der Waals surface area contributed by atoms with E-state index in [-0.39, 0.29) is 0 Å². The number of benzene rings is 1. The van der Waals surface area contributed by atoms with Crippen LogP contribution in [0.4, 0.5) is 0 Å². The highest BCUT2D eigenvalue weighted by Crippen LogP contribution is 2.29. The van der Waals surface area contributed by atoms with Crippen molar-refractivity contribution in [3.8, 4) is 0 Å². The van der Waals surface area contributed by atoms with E-state index in [1.807, 2.05) is 25.1 Å². The van der Waals surface area contributed by atoms with Crippen LogP contribution in [0.15, 0.2) is 31.6 Å². The van der Waals surface area contributed by atoms with Gasteiger partial charge in [-0.15, -0.1) is 0 Å². The van der Waals surface area contributed by atoms with Gasteiger partial charge >= 0.3 is 0 Å². The van der Waals surface area contributed by atoms with Crippen molar-refractivity contribution in [3.05, 3.63) is 31.6 Å². The maximum Gasteiger partial charge on any atom is 0.119 e. The summed E-state index contributed by atoms with van der Waals surface area (Å²) in [5.41, 5.74) is 0. The third kappa shape index (κ3) is 5.60. The summed E-state index contributed by atoms with van der Waals surface area (Å²) in [6.45, 7) is 1.81. The minimum absolute atomic E-state index is 0.639. The van der Waals surface area contributed by atoms with Crippen LogP contribution in [0.2, 0.25) is 0 Å². The molecule has 0 amide bonds. The van der Waals surface area contributed by atoms with Crippen LogP contribution < -0.4 is 0 Å². The average Bonchev–Trinajstić information content (AvgIpc) is 2.14. The highest BCUT2D eigenvalue weighted by atomic mass is 79.9. The standard InChI is InChI=1S/C6H3Br3.C3H6O/c7-4-2-1-3-5(8)6(4)9;1-2-3-4/h1-3H;3H,2H2,1H3. The number of halogens is 3. The monoisotopic (exact) mass is 370 g/mol. The Labute approximate surface area is 103 Å². The summed E-state index contributed by atoms with van der Waals surface area (Å²) < 4.78 is 3.19. The molecule has 1 aromatic rings. The van der Waals surface area contributed by atoms with E-state index in [1.165, 1.54) is 0 Å². The molecule has 0 spiro atoms. The van der Waals surface area contributed by atoms with E-state index in [0.29, 0.717) is 6.42 Å². The van der Waals surface area contributed by atoms with Crippen molar-refractivity contribution < 1.29 is 4.79 Å². The molecule has 0 aromatic heterocycles. The average molecular weight is 373 g/mol. The van der Waals surface area contributed by atoms with Crippen molar-refractivity contribution in [2.45, 2.75) is 13.3 Å². The molecule has 0 heterocycles. The molecule has 13 heavy (non-hydrogen) atoms. The van der Waals surface area contributed by atoms with Gasteiger partial charge in [0.1, 0.15) is 6.29 Å². The quantitative estimate of drug-likeness (QED) is 0.521. The summed E-state index contributed by atoms with van der Waals surface area (Å²) >= 11 is 10.1. The van der Waals surface area contributed by atoms with Crippen LogP contribution in [-0.2, 0) is 4.79 Å². The Bertz CT molecular complexity index is 253. The molecular weight excluding hydrogens is 364 g/mol. The van der Waals surface area contributed by atoms with Crippen molar-refractivity contribution >= 4 is 54.1 Å². The Morgan fingerprint density at radius 2 is 1.62 bits per heavy atom. The molecule has 0 fully saturated rings. The summed E-state index contributed by atoms with van der Waals surface area (Å²) in [6, 6.07) is 5.93. The molecule has 0 saturated carbocycles. The zero-order valence-corrected chi connectivity index (χ0v) is 11.8. The fourth-order valence-electron chi connectivity index (χ4n) is 0.477. The Morgan fingerprint density at radius 3 is 1.85 bits per heavy atom. The van der Waals surface area contributed by atoms with Gasteiger partial charge in [0.2, 0.25) is 0 Å². The van der Waals surface area contributed by atoms with E-state index in [0.717, 1.165) is 19.7 Å². The second kappa shape index (κ2) is 7.71. The molecule has 0 radical (unpaired) electrons. The number of carbonyl (C=O) groups excluding carboxylic acids is 1. The Balaban J connectivity index is 0.000000310. The lowest BCUT2D eigenvalue weighted by molar-refractivity contribution is -0.107. The van der Waals surface area contributed by atoms with Gasteiger partial charge in [0.15, 0.2) is 0 Å². The summed E-state index contributed by atoms with van der Waals surface area (Å²) in [4.78, 5) is 9.17. The molecule has 0 atom stereocenters. The van der Waals surface area contributed by atoms with Crippen LogP contribution in [0.25, 0.3) is 0 Å². The van der Waals surface area contributed by atoms with Gasteiger partial charge in [-0.05, 0) is 59.9 Å². The predicted octanol–water partition coefficient (Wildman–Crippen LogP) is 4.57. The fraction of sp³-hybridized carbons (Fsp3) is 0.222. The molecule has 1 rings (SSSR count). The summed E-state index contributed by atoms with van der Waals surface area (Å²) in [5.74, 6) is 0. The van der Waals surface area contributed by atoms with Crippen molar-refractivity contribution in [2.75, 3.05) is 0 Å². The summed E-state index contributed by atoms with van der Waals surface area (Å²) in [7, 11) is 0. The van der Waals surface area contributed by atoms with Crippen molar-refractivity contribution in [2.24, 2.45) is 0 Å². The number of carbonyl (C=O) groups is 1. The van der Waals surface area contributed by atoms with Gasteiger partial charge in [-0.3, -0.25) is 0 Å². The first-order chi connectivity index (χ1) is 6.13. The third-order valence-electron chi connectivity index (χ3n) is 1.07. The van der Waals surface area contributed by atoms with Gasteiger partial charge < -0.3 is 4.79 Å². The Morgan fingerprint density at radius 1 is 1.23 bits per heavy atom. The maximum atomic E-state index is 9.17. The smallest absolute Gasteiger partial charge is 0.119 e. The second-order valence-electron chi connectivity index (χ2n) is 2.11. The normalized spacial score (nSPS) is 8.62. The van der Waals surface area contributed by atoms with Gasteiger partial charge in [0.25, 0.3) is 0 Å². The first kappa shape index (κ1) is 13.3. The van der Waals surface area contributed by atoms with E-state index in [2.05, 4.69) is 47.8 Å². The minimum Gasteiger partial charge on any atom is -0.303 e. The van der Waals surface area contributed by atoms with Crippen molar-refractivity contribution in [1.82, 2.24) is 0 Å². The number of hydrogen-bond donors (Lipinski definition) is 0. The molecule has 0 unspecified atom stereocenters. The molecule has 0 bridgehead atoms. The number of rotatable bonds is 1. The maximum absolute atomic E-state index is 9.17. The van der Waals surface area contributed by atoms with Gasteiger partial charge in [0.05, 0.1) is 0 Å². The minimum atomic E-state index is 0.639. The Kier molecular flexibility index (Phi) is 7.90. The molecule has 0 N–H and O–H groups in total. The van der Waals surface area contributed by atoms with Crippen LogP contribution in [-0.4, -0.2) is 6.29 Å². The topological polar surface area (TPSA) is 17.1 Å². The summed E-state index contributed by atoms with van der Waals surface area (Å²) in [6.07, 6.45) is 1.51. The first-order valence-electron chi connectivity index (χ1n) is 3.66. The number of aldehydes is 1. The zero-order chi connectivity index (χ0) is 10.3. The summed E-state index contributed by atoms with van der Waals surface area (Å²) in [5, 5.41) is 0. The highest BCUT2D eigenvalue weighted by Gasteiger charge is 1.97. The van der Waals surface area contributed by atoms with Gasteiger partial charge in [-0.1, -0.05) is 13.0 Å². The Hall–Kier alpha value is 0.330. The van der Waals surface area contributed by atoms with Crippen LogP contribution in [0.3, 0.4) is 0 Å². The third-order valence-corrected chi connectivity index (χ3v) is 4.31. The fourth-order valence-corrected chi connectivity index (χ4v) is 1.74. The van der Waals surface area contributed by atoms with Crippen molar-refractivity contribution in [3.63, 3.8) is 0 Å². The first-order valence-corrected chi connectivity index (χ1v) is 6.04. The molecule has 0 aliphatic carbocycles.